The predicted octanol–water partition coefficient (Wildman–Crippen LogP) is 5.52. The van der Waals surface area contributed by atoms with Crippen LogP contribution in [0.15, 0.2) is 72.8 Å². The average molecular weight is 612 g/mol. The number of anilines is 1. The molecule has 0 aromatic heterocycles. The third-order valence-corrected chi connectivity index (χ3v) is 9.11. The lowest BCUT2D eigenvalue weighted by atomic mass is 10.0. The lowest BCUT2D eigenvalue weighted by Gasteiger charge is -2.33. The Morgan fingerprint density at radius 2 is 1.63 bits per heavy atom. The number of nitrogens with one attached hydrogen (secondary N) is 1. The molecule has 0 spiro atoms. The highest BCUT2D eigenvalue weighted by Crippen LogP contribution is 2.24. The van der Waals surface area contributed by atoms with Gasteiger partial charge in [-0.15, -0.1) is 0 Å². The van der Waals surface area contributed by atoms with E-state index in [9.17, 15) is 26.8 Å². The quantitative estimate of drug-likeness (QED) is 0.276. The number of carbonyl (C=O) groups is 2. The standard InChI is InChI=1S/C33H39F2N3O4S/c1-24-11-6-7-14-26(24)23-37(31(21-25-12-4-3-5-13-25)33(40)36-27-15-8-9-16-27)32(39)17-10-20-38(43(2,41)42)28-18-19-29(34)30(35)22-28/h3-7,11-14,18-19,22,27,31H,8-10,15-17,20-21,23H2,1-2H3,(H,36,40). The molecule has 1 fully saturated rings. The van der Waals surface area contributed by atoms with E-state index in [4.69, 9.17) is 0 Å². The largest absolute Gasteiger partial charge is 0.352 e. The van der Waals surface area contributed by atoms with Gasteiger partial charge in [0.15, 0.2) is 11.6 Å². The molecule has 43 heavy (non-hydrogen) atoms. The van der Waals surface area contributed by atoms with E-state index in [1.165, 1.54) is 6.07 Å². The van der Waals surface area contributed by atoms with Gasteiger partial charge in [-0.25, -0.2) is 17.2 Å². The first-order chi connectivity index (χ1) is 20.5. The molecule has 1 unspecified atom stereocenters. The molecule has 10 heteroatoms. The molecule has 4 rings (SSSR count). The number of sulfonamides is 1. The fourth-order valence-electron chi connectivity index (χ4n) is 5.54. The summed E-state index contributed by atoms with van der Waals surface area (Å²) in [5.74, 6) is -2.76. The molecule has 0 aliphatic heterocycles. The Bertz CT molecular complexity index is 1510. The van der Waals surface area contributed by atoms with Crippen LogP contribution in [0.4, 0.5) is 14.5 Å². The number of benzene rings is 3. The lowest BCUT2D eigenvalue weighted by Crippen LogP contribution is -2.52. The van der Waals surface area contributed by atoms with E-state index >= 15 is 0 Å². The van der Waals surface area contributed by atoms with E-state index in [1.54, 1.807) is 4.90 Å². The SMILES string of the molecule is Cc1ccccc1CN(C(=O)CCCN(c1ccc(F)c(F)c1)S(C)(=O)=O)C(Cc1ccccc1)C(=O)NC1CCCC1. The van der Waals surface area contributed by atoms with E-state index in [0.717, 1.165) is 65.1 Å². The molecule has 0 heterocycles. The van der Waals surface area contributed by atoms with Gasteiger partial charge in [-0.05, 0) is 55.0 Å². The highest BCUT2D eigenvalue weighted by molar-refractivity contribution is 7.92. The van der Waals surface area contributed by atoms with Crippen LogP contribution in [0.1, 0.15) is 55.2 Å². The molecular weight excluding hydrogens is 572 g/mol. The summed E-state index contributed by atoms with van der Waals surface area (Å²) in [4.78, 5) is 29.4. The molecule has 1 aliphatic rings. The molecule has 0 bridgehead atoms. The molecule has 230 valence electrons. The summed E-state index contributed by atoms with van der Waals surface area (Å²) >= 11 is 0. The molecule has 1 atom stereocenters. The van der Waals surface area contributed by atoms with Gasteiger partial charge in [-0.3, -0.25) is 13.9 Å². The lowest BCUT2D eigenvalue weighted by molar-refractivity contribution is -0.141. The topological polar surface area (TPSA) is 86.8 Å². The number of hydrogen-bond donors (Lipinski definition) is 1. The van der Waals surface area contributed by atoms with Crippen molar-refractivity contribution in [2.75, 3.05) is 17.1 Å². The summed E-state index contributed by atoms with van der Waals surface area (Å²) in [5.41, 5.74) is 2.78. The first-order valence-electron chi connectivity index (χ1n) is 14.6. The van der Waals surface area contributed by atoms with Gasteiger partial charge in [0.05, 0.1) is 11.9 Å². The highest BCUT2D eigenvalue weighted by atomic mass is 32.2. The Labute approximate surface area is 252 Å². The second kappa shape index (κ2) is 14.6. The van der Waals surface area contributed by atoms with Gasteiger partial charge in [0.1, 0.15) is 6.04 Å². The summed E-state index contributed by atoms with van der Waals surface area (Å²) in [6, 6.07) is 19.4. The van der Waals surface area contributed by atoms with Crippen LogP contribution in [0, 0.1) is 18.6 Å². The van der Waals surface area contributed by atoms with Crippen molar-refractivity contribution in [1.29, 1.82) is 0 Å². The highest BCUT2D eigenvalue weighted by Gasteiger charge is 2.32. The van der Waals surface area contributed by atoms with Crippen LogP contribution in [-0.2, 0) is 32.6 Å². The van der Waals surface area contributed by atoms with Crippen molar-refractivity contribution >= 4 is 27.5 Å². The number of hydrogen-bond acceptors (Lipinski definition) is 4. The van der Waals surface area contributed by atoms with Crippen LogP contribution in [0.5, 0.6) is 0 Å². The van der Waals surface area contributed by atoms with Crippen molar-refractivity contribution in [3.05, 3.63) is 101 Å². The first kappa shape index (κ1) is 32.1. The summed E-state index contributed by atoms with van der Waals surface area (Å²) in [6.45, 7) is 2.04. The van der Waals surface area contributed by atoms with Crippen molar-refractivity contribution in [2.45, 2.75) is 70.5 Å². The molecule has 0 radical (unpaired) electrons. The van der Waals surface area contributed by atoms with E-state index in [-0.39, 0.29) is 49.5 Å². The van der Waals surface area contributed by atoms with Gasteiger partial charge in [-0.1, -0.05) is 67.4 Å². The van der Waals surface area contributed by atoms with Crippen molar-refractivity contribution in [2.24, 2.45) is 0 Å². The first-order valence-corrected chi connectivity index (χ1v) is 16.5. The second-order valence-corrected chi connectivity index (χ2v) is 13.1. The maximum atomic E-state index is 14.0. The number of amides is 2. The summed E-state index contributed by atoms with van der Waals surface area (Å²) < 4.78 is 53.5. The molecule has 2 amide bonds. The maximum absolute atomic E-state index is 14.0. The summed E-state index contributed by atoms with van der Waals surface area (Å²) in [6.07, 6.45) is 5.26. The molecule has 3 aromatic rings. The van der Waals surface area contributed by atoms with Gasteiger partial charge in [0.25, 0.3) is 0 Å². The van der Waals surface area contributed by atoms with Gasteiger partial charge < -0.3 is 10.2 Å². The molecule has 1 aliphatic carbocycles. The molecule has 7 nitrogen and oxygen atoms in total. The van der Waals surface area contributed by atoms with E-state index < -0.39 is 27.7 Å². The third kappa shape index (κ3) is 8.86. The van der Waals surface area contributed by atoms with E-state index in [2.05, 4.69) is 5.32 Å². The van der Waals surface area contributed by atoms with Crippen molar-refractivity contribution in [1.82, 2.24) is 10.2 Å². The number of rotatable bonds is 13. The molecule has 0 saturated heterocycles. The fraction of sp³-hybridized carbons (Fsp3) is 0.394. The predicted molar refractivity (Wildman–Crippen MR) is 164 cm³/mol. The fourth-order valence-corrected chi connectivity index (χ4v) is 6.49. The second-order valence-electron chi connectivity index (χ2n) is 11.2. The van der Waals surface area contributed by atoms with Crippen LogP contribution in [0.2, 0.25) is 0 Å². The Morgan fingerprint density at radius 1 is 0.953 bits per heavy atom. The normalized spacial score (nSPS) is 14.3. The molecular formula is C33H39F2N3O4S. The Balaban J connectivity index is 1.59. The average Bonchev–Trinajstić information content (AvgIpc) is 3.48. The molecule has 3 aromatic carbocycles. The van der Waals surface area contributed by atoms with Crippen LogP contribution in [0.25, 0.3) is 0 Å². The van der Waals surface area contributed by atoms with Crippen molar-refractivity contribution in [3.63, 3.8) is 0 Å². The minimum atomic E-state index is -3.85. The van der Waals surface area contributed by atoms with E-state index in [1.807, 2.05) is 61.5 Å². The maximum Gasteiger partial charge on any atom is 0.243 e. The number of aryl methyl sites for hydroxylation is 1. The third-order valence-electron chi connectivity index (χ3n) is 7.92. The summed E-state index contributed by atoms with van der Waals surface area (Å²) in [5, 5.41) is 3.17. The number of halogens is 2. The Hall–Kier alpha value is -3.79. The smallest absolute Gasteiger partial charge is 0.243 e. The minimum absolute atomic E-state index is 0.0245. The monoisotopic (exact) mass is 611 g/mol. The number of nitrogens with zero attached hydrogens (tertiary/aromatic N) is 2. The summed E-state index contributed by atoms with van der Waals surface area (Å²) in [7, 11) is -3.85. The van der Waals surface area contributed by atoms with Crippen LogP contribution in [-0.4, -0.2) is 50.0 Å². The van der Waals surface area contributed by atoms with Crippen molar-refractivity contribution < 1.29 is 26.8 Å². The van der Waals surface area contributed by atoms with Gasteiger partial charge >= 0.3 is 0 Å². The van der Waals surface area contributed by atoms with Crippen LogP contribution < -0.4 is 9.62 Å². The van der Waals surface area contributed by atoms with Gasteiger partial charge in [0.2, 0.25) is 21.8 Å². The minimum Gasteiger partial charge on any atom is -0.352 e. The zero-order valence-electron chi connectivity index (χ0n) is 24.6. The zero-order chi connectivity index (χ0) is 31.0. The van der Waals surface area contributed by atoms with E-state index in [0.29, 0.717) is 6.42 Å². The molecule has 1 N–H and O–H groups in total. The van der Waals surface area contributed by atoms with Gasteiger partial charge in [0, 0.05) is 38.0 Å². The zero-order valence-corrected chi connectivity index (χ0v) is 25.5. The van der Waals surface area contributed by atoms with Crippen LogP contribution >= 0.6 is 0 Å². The number of carbonyl (C=O) groups excluding carboxylic acids is 2. The Kier molecular flexibility index (Phi) is 10.9. The van der Waals surface area contributed by atoms with Crippen molar-refractivity contribution in [3.8, 4) is 0 Å². The van der Waals surface area contributed by atoms with Gasteiger partial charge in [-0.2, -0.15) is 0 Å². The molecule has 1 saturated carbocycles. The Morgan fingerprint density at radius 3 is 2.28 bits per heavy atom. The van der Waals surface area contributed by atoms with Crippen LogP contribution in [0.3, 0.4) is 0 Å².